The van der Waals surface area contributed by atoms with Crippen LogP contribution in [0.5, 0.6) is 11.5 Å². The number of aromatic nitrogens is 1. The van der Waals surface area contributed by atoms with E-state index < -0.39 is 0 Å². The summed E-state index contributed by atoms with van der Waals surface area (Å²) in [6.45, 7) is 3.09. The van der Waals surface area contributed by atoms with Crippen LogP contribution in [0, 0.1) is 0 Å². The molecule has 1 amide bonds. The molecule has 0 aliphatic heterocycles. The van der Waals surface area contributed by atoms with Crippen molar-refractivity contribution >= 4 is 16.8 Å². The highest BCUT2D eigenvalue weighted by Gasteiger charge is 2.17. The quantitative estimate of drug-likeness (QED) is 0.743. The first-order chi connectivity index (χ1) is 12.2. The number of para-hydroxylation sites is 1. The number of rotatable bonds is 6. The molecule has 3 rings (SSSR count). The zero-order chi connectivity index (χ0) is 17.8. The summed E-state index contributed by atoms with van der Waals surface area (Å²) in [5, 5.41) is 1.04. The van der Waals surface area contributed by atoms with Crippen molar-refractivity contribution in [3.63, 3.8) is 0 Å². The fraction of sp³-hybridized carbons (Fsp3) is 0.250. The first-order valence-electron chi connectivity index (χ1n) is 8.24. The van der Waals surface area contributed by atoms with Gasteiger partial charge in [0.05, 0.1) is 14.2 Å². The molecule has 25 heavy (non-hydrogen) atoms. The fourth-order valence-electron chi connectivity index (χ4n) is 2.89. The van der Waals surface area contributed by atoms with Crippen molar-refractivity contribution in [2.75, 3.05) is 20.8 Å². The van der Waals surface area contributed by atoms with Crippen molar-refractivity contribution in [2.45, 2.75) is 13.5 Å². The molecule has 0 radical (unpaired) electrons. The normalized spacial score (nSPS) is 10.7. The summed E-state index contributed by atoms with van der Waals surface area (Å²) >= 11 is 0. The zero-order valence-electron chi connectivity index (χ0n) is 14.7. The molecule has 2 aromatic carbocycles. The van der Waals surface area contributed by atoms with Gasteiger partial charge < -0.3 is 19.4 Å². The van der Waals surface area contributed by atoms with Crippen LogP contribution in [0.15, 0.2) is 48.5 Å². The minimum atomic E-state index is -0.0199. The Hall–Kier alpha value is -2.95. The van der Waals surface area contributed by atoms with Crippen LogP contribution in [0.2, 0.25) is 0 Å². The second-order valence-corrected chi connectivity index (χ2v) is 5.78. The third-order valence-corrected chi connectivity index (χ3v) is 4.25. The summed E-state index contributed by atoms with van der Waals surface area (Å²) in [5.41, 5.74) is 2.56. The largest absolute Gasteiger partial charge is 0.493 e. The fourth-order valence-corrected chi connectivity index (χ4v) is 2.89. The average Bonchev–Trinajstić information content (AvgIpc) is 3.09. The second kappa shape index (κ2) is 7.30. The lowest BCUT2D eigenvalue weighted by atomic mass is 10.1. The van der Waals surface area contributed by atoms with Crippen LogP contribution in [0.4, 0.5) is 0 Å². The Kier molecular flexibility index (Phi) is 4.93. The summed E-state index contributed by atoms with van der Waals surface area (Å²) < 4.78 is 10.6. The van der Waals surface area contributed by atoms with E-state index in [1.54, 1.807) is 19.1 Å². The molecule has 5 nitrogen and oxygen atoms in total. The van der Waals surface area contributed by atoms with Gasteiger partial charge in [0, 0.05) is 24.0 Å². The van der Waals surface area contributed by atoms with E-state index in [0.29, 0.717) is 30.3 Å². The number of carbonyl (C=O) groups is 1. The standard InChI is InChI=1S/C20H22N2O3/c1-4-22(13-14-9-10-18(24-2)19(11-14)25-3)20(23)17-12-15-7-5-6-8-16(15)21-17/h5-12,21H,4,13H2,1-3H3. The maximum Gasteiger partial charge on any atom is 0.270 e. The van der Waals surface area contributed by atoms with E-state index in [4.69, 9.17) is 9.47 Å². The van der Waals surface area contributed by atoms with Gasteiger partial charge in [-0.1, -0.05) is 24.3 Å². The highest BCUT2D eigenvalue weighted by Crippen LogP contribution is 2.28. The summed E-state index contributed by atoms with van der Waals surface area (Å²) in [6.07, 6.45) is 0. The molecule has 0 aliphatic carbocycles. The van der Waals surface area contributed by atoms with E-state index in [0.717, 1.165) is 16.5 Å². The van der Waals surface area contributed by atoms with Crippen molar-refractivity contribution in [2.24, 2.45) is 0 Å². The summed E-state index contributed by atoms with van der Waals surface area (Å²) in [7, 11) is 3.21. The predicted octanol–water partition coefficient (Wildman–Crippen LogP) is 3.85. The van der Waals surface area contributed by atoms with Gasteiger partial charge in [0.25, 0.3) is 5.91 Å². The van der Waals surface area contributed by atoms with Gasteiger partial charge in [-0.05, 0) is 36.8 Å². The molecular formula is C20H22N2O3. The lowest BCUT2D eigenvalue weighted by Gasteiger charge is -2.21. The number of methoxy groups -OCH3 is 2. The molecule has 1 aromatic heterocycles. The van der Waals surface area contributed by atoms with Gasteiger partial charge in [0.15, 0.2) is 11.5 Å². The summed E-state index contributed by atoms with van der Waals surface area (Å²) in [4.78, 5) is 17.9. The number of fused-ring (bicyclic) bond motifs is 1. The Morgan fingerprint density at radius 2 is 1.80 bits per heavy atom. The second-order valence-electron chi connectivity index (χ2n) is 5.78. The molecule has 1 N–H and O–H groups in total. The number of hydrogen-bond acceptors (Lipinski definition) is 3. The molecule has 0 bridgehead atoms. The number of hydrogen-bond donors (Lipinski definition) is 1. The van der Waals surface area contributed by atoms with Crippen LogP contribution < -0.4 is 9.47 Å². The molecule has 0 spiro atoms. The van der Waals surface area contributed by atoms with Gasteiger partial charge in [-0.2, -0.15) is 0 Å². The third kappa shape index (κ3) is 3.45. The van der Waals surface area contributed by atoms with Gasteiger partial charge >= 0.3 is 0 Å². The Morgan fingerprint density at radius 3 is 2.48 bits per heavy atom. The molecule has 3 aromatic rings. The van der Waals surface area contributed by atoms with Crippen LogP contribution in [0.1, 0.15) is 23.0 Å². The van der Waals surface area contributed by atoms with Crippen LogP contribution >= 0.6 is 0 Å². The van der Waals surface area contributed by atoms with Crippen molar-refractivity contribution in [3.8, 4) is 11.5 Å². The van der Waals surface area contributed by atoms with E-state index in [2.05, 4.69) is 4.98 Å². The van der Waals surface area contributed by atoms with E-state index in [1.165, 1.54) is 0 Å². The highest BCUT2D eigenvalue weighted by molar-refractivity contribution is 5.98. The molecule has 0 saturated carbocycles. The van der Waals surface area contributed by atoms with Crippen molar-refractivity contribution < 1.29 is 14.3 Å². The molecule has 1 heterocycles. The molecule has 130 valence electrons. The van der Waals surface area contributed by atoms with Gasteiger partial charge in [-0.15, -0.1) is 0 Å². The number of amides is 1. The molecular weight excluding hydrogens is 316 g/mol. The SMILES string of the molecule is CCN(Cc1ccc(OC)c(OC)c1)C(=O)c1cc2ccccc2[nH]1. The van der Waals surface area contributed by atoms with Crippen LogP contribution in [-0.2, 0) is 6.54 Å². The van der Waals surface area contributed by atoms with Crippen LogP contribution in [0.25, 0.3) is 10.9 Å². The molecule has 0 fully saturated rings. The van der Waals surface area contributed by atoms with Crippen molar-refractivity contribution in [1.82, 2.24) is 9.88 Å². The Bertz CT molecular complexity index is 853. The topological polar surface area (TPSA) is 54.6 Å². The minimum Gasteiger partial charge on any atom is -0.493 e. The number of ether oxygens (including phenoxy) is 2. The number of nitrogens with zero attached hydrogens (tertiary/aromatic N) is 1. The zero-order valence-corrected chi connectivity index (χ0v) is 14.7. The number of carbonyl (C=O) groups excluding carboxylic acids is 1. The molecule has 0 atom stereocenters. The summed E-state index contributed by atoms with van der Waals surface area (Å²) in [5.74, 6) is 1.32. The van der Waals surface area contributed by atoms with Gasteiger partial charge in [0.1, 0.15) is 5.69 Å². The molecule has 0 saturated heterocycles. The van der Waals surface area contributed by atoms with Crippen LogP contribution in [-0.4, -0.2) is 36.6 Å². The van der Waals surface area contributed by atoms with Crippen molar-refractivity contribution in [3.05, 3.63) is 59.8 Å². The smallest absolute Gasteiger partial charge is 0.270 e. The summed E-state index contributed by atoms with van der Waals surface area (Å²) in [6, 6.07) is 15.5. The van der Waals surface area contributed by atoms with Gasteiger partial charge in [-0.3, -0.25) is 4.79 Å². The van der Waals surface area contributed by atoms with E-state index in [1.807, 2.05) is 55.5 Å². The number of nitrogens with one attached hydrogen (secondary N) is 1. The Balaban J connectivity index is 1.83. The first kappa shape index (κ1) is 16.9. The maximum absolute atomic E-state index is 12.9. The first-order valence-corrected chi connectivity index (χ1v) is 8.24. The lowest BCUT2D eigenvalue weighted by Crippen LogP contribution is -2.30. The Morgan fingerprint density at radius 1 is 1.04 bits per heavy atom. The third-order valence-electron chi connectivity index (χ3n) is 4.25. The number of aromatic amines is 1. The van der Waals surface area contributed by atoms with Crippen molar-refractivity contribution in [1.29, 1.82) is 0 Å². The van der Waals surface area contributed by atoms with E-state index in [9.17, 15) is 4.79 Å². The highest BCUT2D eigenvalue weighted by atomic mass is 16.5. The van der Waals surface area contributed by atoms with E-state index >= 15 is 0 Å². The van der Waals surface area contributed by atoms with Crippen LogP contribution in [0.3, 0.4) is 0 Å². The lowest BCUT2D eigenvalue weighted by molar-refractivity contribution is 0.0747. The van der Waals surface area contributed by atoms with Gasteiger partial charge in [-0.25, -0.2) is 0 Å². The molecule has 0 aliphatic rings. The maximum atomic E-state index is 12.9. The predicted molar refractivity (Wildman–Crippen MR) is 98.3 cm³/mol. The average molecular weight is 338 g/mol. The van der Waals surface area contributed by atoms with Gasteiger partial charge in [0.2, 0.25) is 0 Å². The molecule has 0 unspecified atom stereocenters. The number of benzene rings is 2. The Labute approximate surface area is 147 Å². The van der Waals surface area contributed by atoms with E-state index in [-0.39, 0.29) is 5.91 Å². The number of H-pyrrole nitrogens is 1. The minimum absolute atomic E-state index is 0.0199. The monoisotopic (exact) mass is 338 g/mol. The molecule has 5 heteroatoms.